The molecule has 2 nitrogen and oxygen atoms in total. The minimum absolute atomic E-state index is 0.245. The molecule has 3 heteroatoms. The lowest BCUT2D eigenvalue weighted by molar-refractivity contribution is 0.00578. The molecule has 0 aromatic heterocycles. The van der Waals surface area contributed by atoms with Gasteiger partial charge in [-0.25, -0.2) is 0 Å². The molecule has 0 saturated carbocycles. The summed E-state index contributed by atoms with van der Waals surface area (Å²) in [6.07, 6.45) is 1.00. The van der Waals surface area contributed by atoms with Gasteiger partial charge in [-0.15, -0.1) is 0 Å². The first-order valence-electron chi connectivity index (χ1n) is 6.72. The van der Waals surface area contributed by atoms with Crippen LogP contribution in [0.25, 0.3) is 0 Å². The van der Waals surface area contributed by atoms with Gasteiger partial charge in [-0.2, -0.15) is 0 Å². The average Bonchev–Trinajstić information content (AvgIpc) is 2.47. The summed E-state index contributed by atoms with van der Waals surface area (Å²) in [4.78, 5) is 0. The van der Waals surface area contributed by atoms with Crippen molar-refractivity contribution in [2.24, 2.45) is 0 Å². The van der Waals surface area contributed by atoms with E-state index in [2.05, 4.69) is 59.7 Å². The van der Waals surface area contributed by atoms with Crippen LogP contribution in [0.4, 0.5) is 0 Å². The lowest BCUT2D eigenvalue weighted by atomic mass is 9.75. The van der Waals surface area contributed by atoms with Crippen molar-refractivity contribution in [3.63, 3.8) is 0 Å². The van der Waals surface area contributed by atoms with Gasteiger partial charge >= 0.3 is 7.12 Å². The molecule has 1 saturated heterocycles. The van der Waals surface area contributed by atoms with Crippen molar-refractivity contribution in [1.29, 1.82) is 0 Å². The Morgan fingerprint density at radius 1 is 1.06 bits per heavy atom. The van der Waals surface area contributed by atoms with Crippen molar-refractivity contribution in [1.82, 2.24) is 0 Å². The van der Waals surface area contributed by atoms with E-state index >= 15 is 0 Å². The van der Waals surface area contributed by atoms with E-state index in [1.54, 1.807) is 0 Å². The van der Waals surface area contributed by atoms with Gasteiger partial charge in [0.25, 0.3) is 0 Å². The maximum Gasteiger partial charge on any atom is 0.495 e. The molecule has 0 spiro atoms. The van der Waals surface area contributed by atoms with Crippen molar-refractivity contribution < 1.29 is 9.31 Å². The van der Waals surface area contributed by atoms with Crippen LogP contribution in [0.5, 0.6) is 0 Å². The van der Waals surface area contributed by atoms with Gasteiger partial charge in [0, 0.05) is 0 Å². The highest BCUT2D eigenvalue weighted by atomic mass is 16.7. The molecular formula is C15H23BO2. The highest BCUT2D eigenvalue weighted by Gasteiger charge is 2.52. The Hall–Kier alpha value is -0.795. The average molecular weight is 246 g/mol. The van der Waals surface area contributed by atoms with Gasteiger partial charge in [-0.05, 0) is 52.1 Å². The third-order valence-corrected chi connectivity index (χ3v) is 4.19. The summed E-state index contributed by atoms with van der Waals surface area (Å²) < 4.78 is 12.2. The van der Waals surface area contributed by atoms with E-state index in [-0.39, 0.29) is 18.3 Å². The lowest BCUT2D eigenvalue weighted by Gasteiger charge is -2.32. The van der Waals surface area contributed by atoms with E-state index in [1.165, 1.54) is 16.6 Å². The van der Waals surface area contributed by atoms with Gasteiger partial charge in [0.1, 0.15) is 0 Å². The second kappa shape index (κ2) is 4.39. The highest BCUT2D eigenvalue weighted by molar-refractivity contribution is 6.62. The molecule has 1 heterocycles. The van der Waals surface area contributed by atoms with Crippen LogP contribution in [0.2, 0.25) is 0 Å². The van der Waals surface area contributed by atoms with Crippen LogP contribution in [-0.2, 0) is 15.7 Å². The molecule has 98 valence electrons. The zero-order valence-corrected chi connectivity index (χ0v) is 12.3. The molecule has 0 atom stereocenters. The molecule has 0 unspecified atom stereocenters. The van der Waals surface area contributed by atoms with Crippen molar-refractivity contribution in [3.05, 3.63) is 29.3 Å². The summed E-state index contributed by atoms with van der Waals surface area (Å²) in [6.45, 7) is 12.6. The Morgan fingerprint density at radius 2 is 1.61 bits per heavy atom. The van der Waals surface area contributed by atoms with Crippen molar-refractivity contribution in [2.75, 3.05) is 0 Å². The van der Waals surface area contributed by atoms with Crippen LogP contribution < -0.4 is 5.46 Å². The molecule has 0 N–H and O–H groups in total. The number of hydrogen-bond acceptors (Lipinski definition) is 2. The zero-order chi connectivity index (χ0) is 13.6. The van der Waals surface area contributed by atoms with Gasteiger partial charge < -0.3 is 9.31 Å². The molecule has 18 heavy (non-hydrogen) atoms. The maximum atomic E-state index is 6.11. The third-order valence-electron chi connectivity index (χ3n) is 4.19. The van der Waals surface area contributed by atoms with Gasteiger partial charge in [-0.3, -0.25) is 0 Å². The number of benzene rings is 1. The number of aryl methyl sites for hydroxylation is 2. The molecule has 0 radical (unpaired) electrons. The van der Waals surface area contributed by atoms with E-state index in [1.807, 2.05) is 0 Å². The van der Waals surface area contributed by atoms with Gasteiger partial charge in [0.15, 0.2) is 0 Å². The van der Waals surface area contributed by atoms with Gasteiger partial charge in [0.2, 0.25) is 0 Å². The van der Waals surface area contributed by atoms with E-state index in [0.29, 0.717) is 0 Å². The molecule has 1 aromatic carbocycles. The first-order valence-corrected chi connectivity index (χ1v) is 6.72. The van der Waals surface area contributed by atoms with Crippen LogP contribution in [0.1, 0.15) is 45.7 Å². The van der Waals surface area contributed by atoms with Crippen LogP contribution in [0, 0.1) is 6.92 Å². The van der Waals surface area contributed by atoms with Crippen molar-refractivity contribution in [3.8, 4) is 0 Å². The summed E-state index contributed by atoms with van der Waals surface area (Å²) >= 11 is 0. The quantitative estimate of drug-likeness (QED) is 0.747. The van der Waals surface area contributed by atoms with Crippen molar-refractivity contribution >= 4 is 12.6 Å². The van der Waals surface area contributed by atoms with Crippen LogP contribution in [0.3, 0.4) is 0 Å². The minimum atomic E-state index is -0.270. The largest absolute Gasteiger partial charge is 0.495 e. The first-order chi connectivity index (χ1) is 8.27. The van der Waals surface area contributed by atoms with Gasteiger partial charge in [0.05, 0.1) is 11.2 Å². The van der Waals surface area contributed by atoms with E-state index in [9.17, 15) is 0 Å². The Kier molecular flexibility index (Phi) is 3.33. The van der Waals surface area contributed by atoms with E-state index < -0.39 is 0 Å². The highest BCUT2D eigenvalue weighted by Crippen LogP contribution is 2.36. The molecule has 0 amide bonds. The van der Waals surface area contributed by atoms with Crippen molar-refractivity contribution in [2.45, 2.75) is 59.2 Å². The molecule has 1 aliphatic heterocycles. The summed E-state index contributed by atoms with van der Waals surface area (Å²) in [7, 11) is -0.245. The number of rotatable bonds is 2. The first kappa shape index (κ1) is 13.6. The second-order valence-corrected chi connectivity index (χ2v) is 6.14. The monoisotopic (exact) mass is 246 g/mol. The normalized spacial score (nSPS) is 21.3. The Bertz CT molecular complexity index is 436. The zero-order valence-electron chi connectivity index (χ0n) is 12.3. The van der Waals surface area contributed by atoms with Crippen LogP contribution >= 0.6 is 0 Å². The summed E-state index contributed by atoms with van der Waals surface area (Å²) in [5.74, 6) is 0. The summed E-state index contributed by atoms with van der Waals surface area (Å²) in [5.41, 5.74) is 3.23. The SMILES string of the molecule is CCc1cc(C)ccc1B1OC(C)(C)C(C)(C)O1. The molecule has 1 aromatic rings. The summed E-state index contributed by atoms with van der Waals surface area (Å²) in [5, 5.41) is 0. The fourth-order valence-electron chi connectivity index (χ4n) is 2.24. The molecule has 2 rings (SSSR count). The molecule has 1 fully saturated rings. The molecule has 0 bridgehead atoms. The Labute approximate surface area is 111 Å². The maximum absolute atomic E-state index is 6.11. The fourth-order valence-corrected chi connectivity index (χ4v) is 2.24. The van der Waals surface area contributed by atoms with E-state index in [0.717, 1.165) is 6.42 Å². The molecule has 1 aliphatic rings. The molecular weight excluding hydrogens is 223 g/mol. The van der Waals surface area contributed by atoms with E-state index in [4.69, 9.17) is 9.31 Å². The van der Waals surface area contributed by atoms with Crippen LogP contribution in [0.15, 0.2) is 18.2 Å². The third kappa shape index (κ3) is 2.22. The second-order valence-electron chi connectivity index (χ2n) is 6.14. The smallest absolute Gasteiger partial charge is 0.399 e. The Morgan fingerprint density at radius 3 is 2.11 bits per heavy atom. The van der Waals surface area contributed by atoms with Crippen LogP contribution in [-0.4, -0.2) is 18.3 Å². The predicted molar refractivity (Wildman–Crippen MR) is 76.3 cm³/mol. The Balaban J connectivity index is 2.35. The fraction of sp³-hybridized carbons (Fsp3) is 0.600. The molecule has 0 aliphatic carbocycles. The van der Waals surface area contributed by atoms with Gasteiger partial charge in [-0.1, -0.05) is 30.7 Å². The topological polar surface area (TPSA) is 18.5 Å². The summed E-state index contributed by atoms with van der Waals surface area (Å²) in [6, 6.07) is 6.48. The number of hydrogen-bond donors (Lipinski definition) is 0. The standard InChI is InChI=1S/C15H23BO2/c1-7-12-10-11(2)8-9-13(12)16-17-14(3,4)15(5,6)18-16/h8-10H,7H2,1-6H3. The lowest BCUT2D eigenvalue weighted by Crippen LogP contribution is -2.41. The predicted octanol–water partition coefficient (Wildman–Crippen LogP) is 2.86. The minimum Gasteiger partial charge on any atom is -0.399 e.